The molecular formula is C18H28BNO2. The zero-order chi connectivity index (χ0) is 16.0. The molecule has 4 heteroatoms. The molecule has 0 aromatic heterocycles. The zero-order valence-corrected chi connectivity index (χ0v) is 14.6. The van der Waals surface area contributed by atoms with Crippen molar-refractivity contribution in [1.82, 2.24) is 4.90 Å². The summed E-state index contributed by atoms with van der Waals surface area (Å²) in [4.78, 5) is 2.41. The highest BCUT2D eigenvalue weighted by Gasteiger charge is 2.51. The molecule has 2 saturated heterocycles. The maximum Gasteiger partial charge on any atom is 0.494 e. The lowest BCUT2D eigenvalue weighted by Gasteiger charge is -2.32. The van der Waals surface area contributed by atoms with Crippen molar-refractivity contribution in [3.05, 3.63) is 29.8 Å². The second-order valence-corrected chi connectivity index (χ2v) is 7.84. The Morgan fingerprint density at radius 2 is 1.64 bits per heavy atom. The lowest BCUT2D eigenvalue weighted by atomic mass is 9.76. The van der Waals surface area contributed by atoms with Crippen LogP contribution in [0.4, 0.5) is 0 Å². The summed E-state index contributed by atoms with van der Waals surface area (Å²) in [5.74, 6) is 0.665. The van der Waals surface area contributed by atoms with Crippen LogP contribution in [-0.2, 0) is 9.31 Å². The van der Waals surface area contributed by atoms with E-state index in [1.807, 2.05) is 0 Å². The Morgan fingerprint density at radius 3 is 2.23 bits per heavy atom. The van der Waals surface area contributed by atoms with Crippen LogP contribution < -0.4 is 5.46 Å². The molecule has 1 aromatic rings. The van der Waals surface area contributed by atoms with Gasteiger partial charge in [-0.1, -0.05) is 24.3 Å². The van der Waals surface area contributed by atoms with Crippen LogP contribution >= 0.6 is 0 Å². The van der Waals surface area contributed by atoms with E-state index >= 15 is 0 Å². The second kappa shape index (κ2) is 5.66. The molecule has 0 radical (unpaired) electrons. The Labute approximate surface area is 135 Å². The number of likely N-dealkylation sites (tertiary alicyclic amines) is 1. The highest BCUT2D eigenvalue weighted by Crippen LogP contribution is 2.36. The first-order valence-electron chi connectivity index (χ1n) is 8.42. The van der Waals surface area contributed by atoms with Crippen molar-refractivity contribution in [1.29, 1.82) is 0 Å². The number of hydrogen-bond donors (Lipinski definition) is 0. The largest absolute Gasteiger partial charge is 0.494 e. The van der Waals surface area contributed by atoms with Crippen LogP contribution in [0.3, 0.4) is 0 Å². The van der Waals surface area contributed by atoms with E-state index < -0.39 is 0 Å². The molecule has 0 saturated carbocycles. The maximum absolute atomic E-state index is 6.18. The summed E-state index contributed by atoms with van der Waals surface area (Å²) in [6.45, 7) is 10.8. The van der Waals surface area contributed by atoms with E-state index in [0.717, 1.165) is 5.46 Å². The molecule has 0 N–H and O–H groups in total. The molecule has 0 atom stereocenters. The van der Waals surface area contributed by atoms with Crippen molar-refractivity contribution in [2.75, 3.05) is 20.1 Å². The SMILES string of the molecule is CN1CCC(c2cccc(B3OC(C)(C)C(C)(C)O3)c2)CC1. The standard InChI is InChI=1S/C18H28BNO2/c1-17(2)18(3,4)22-19(21-17)16-8-6-7-15(13-16)14-9-11-20(5)12-10-14/h6-8,13-14H,9-12H2,1-5H3. The average Bonchev–Trinajstić information content (AvgIpc) is 2.68. The summed E-state index contributed by atoms with van der Waals surface area (Å²) < 4.78 is 12.4. The summed E-state index contributed by atoms with van der Waals surface area (Å²) in [5, 5.41) is 0. The Bertz CT molecular complexity index is 520. The van der Waals surface area contributed by atoms with Crippen molar-refractivity contribution in [2.45, 2.75) is 57.7 Å². The van der Waals surface area contributed by atoms with E-state index in [4.69, 9.17) is 9.31 Å². The molecule has 2 heterocycles. The number of rotatable bonds is 2. The minimum atomic E-state index is -0.277. The van der Waals surface area contributed by atoms with Gasteiger partial charge in [0.05, 0.1) is 11.2 Å². The molecule has 22 heavy (non-hydrogen) atoms. The fourth-order valence-corrected chi connectivity index (χ4v) is 3.28. The second-order valence-electron chi connectivity index (χ2n) is 7.84. The molecule has 3 nitrogen and oxygen atoms in total. The number of benzene rings is 1. The van der Waals surface area contributed by atoms with Gasteiger partial charge in [0, 0.05) is 0 Å². The topological polar surface area (TPSA) is 21.7 Å². The van der Waals surface area contributed by atoms with Gasteiger partial charge in [-0.05, 0) is 77.6 Å². The Morgan fingerprint density at radius 1 is 1.05 bits per heavy atom. The number of piperidine rings is 1. The van der Waals surface area contributed by atoms with Gasteiger partial charge in [-0.3, -0.25) is 0 Å². The van der Waals surface area contributed by atoms with Crippen LogP contribution in [0.2, 0.25) is 0 Å². The van der Waals surface area contributed by atoms with Gasteiger partial charge in [0.2, 0.25) is 0 Å². The number of nitrogens with zero attached hydrogens (tertiary/aromatic N) is 1. The highest BCUT2D eigenvalue weighted by molar-refractivity contribution is 6.62. The molecular weight excluding hydrogens is 273 g/mol. The average molecular weight is 301 g/mol. The third-order valence-corrected chi connectivity index (χ3v) is 5.63. The fraction of sp³-hybridized carbons (Fsp3) is 0.667. The summed E-state index contributed by atoms with van der Waals surface area (Å²) in [6, 6.07) is 8.82. The lowest BCUT2D eigenvalue weighted by Crippen LogP contribution is -2.41. The summed E-state index contributed by atoms with van der Waals surface area (Å²) >= 11 is 0. The molecule has 120 valence electrons. The summed E-state index contributed by atoms with van der Waals surface area (Å²) in [6.07, 6.45) is 2.48. The van der Waals surface area contributed by atoms with E-state index in [2.05, 4.69) is 63.9 Å². The van der Waals surface area contributed by atoms with Gasteiger partial charge in [-0.25, -0.2) is 0 Å². The van der Waals surface area contributed by atoms with Crippen LogP contribution in [0.25, 0.3) is 0 Å². The minimum Gasteiger partial charge on any atom is -0.399 e. The molecule has 0 bridgehead atoms. The van der Waals surface area contributed by atoms with Gasteiger partial charge in [0.15, 0.2) is 0 Å². The summed E-state index contributed by atoms with van der Waals surface area (Å²) in [5.41, 5.74) is 2.03. The predicted octanol–water partition coefficient (Wildman–Crippen LogP) is 2.80. The van der Waals surface area contributed by atoms with Crippen molar-refractivity contribution in [3.63, 3.8) is 0 Å². The van der Waals surface area contributed by atoms with Crippen molar-refractivity contribution < 1.29 is 9.31 Å². The molecule has 3 rings (SSSR count). The predicted molar refractivity (Wildman–Crippen MR) is 91.6 cm³/mol. The first-order chi connectivity index (χ1) is 10.3. The van der Waals surface area contributed by atoms with Crippen molar-refractivity contribution in [2.24, 2.45) is 0 Å². The van der Waals surface area contributed by atoms with Gasteiger partial charge in [-0.2, -0.15) is 0 Å². The maximum atomic E-state index is 6.18. The van der Waals surface area contributed by atoms with E-state index in [9.17, 15) is 0 Å². The normalized spacial score (nSPS) is 25.6. The molecule has 0 unspecified atom stereocenters. The Kier molecular flexibility index (Phi) is 4.13. The van der Waals surface area contributed by atoms with Gasteiger partial charge >= 0.3 is 7.12 Å². The van der Waals surface area contributed by atoms with E-state index in [-0.39, 0.29) is 18.3 Å². The zero-order valence-electron chi connectivity index (χ0n) is 14.6. The quantitative estimate of drug-likeness (QED) is 0.784. The van der Waals surface area contributed by atoms with Crippen LogP contribution in [-0.4, -0.2) is 43.4 Å². The Balaban J connectivity index is 1.78. The van der Waals surface area contributed by atoms with Crippen LogP contribution in [0.5, 0.6) is 0 Å². The van der Waals surface area contributed by atoms with Crippen LogP contribution in [0.1, 0.15) is 52.0 Å². The van der Waals surface area contributed by atoms with E-state index in [0.29, 0.717) is 5.92 Å². The van der Waals surface area contributed by atoms with Crippen LogP contribution in [0.15, 0.2) is 24.3 Å². The third-order valence-electron chi connectivity index (χ3n) is 5.63. The first-order valence-corrected chi connectivity index (χ1v) is 8.42. The van der Waals surface area contributed by atoms with E-state index in [1.54, 1.807) is 0 Å². The minimum absolute atomic E-state index is 0.254. The molecule has 2 aliphatic heterocycles. The van der Waals surface area contributed by atoms with Crippen molar-refractivity contribution >= 4 is 12.6 Å². The molecule has 0 amide bonds. The van der Waals surface area contributed by atoms with Gasteiger partial charge < -0.3 is 14.2 Å². The van der Waals surface area contributed by atoms with Gasteiger partial charge in [0.25, 0.3) is 0 Å². The lowest BCUT2D eigenvalue weighted by molar-refractivity contribution is 0.00578. The van der Waals surface area contributed by atoms with Gasteiger partial charge in [0.1, 0.15) is 0 Å². The molecule has 2 fully saturated rings. The smallest absolute Gasteiger partial charge is 0.399 e. The highest BCUT2D eigenvalue weighted by atomic mass is 16.7. The molecule has 0 aliphatic carbocycles. The Hall–Kier alpha value is -0.835. The van der Waals surface area contributed by atoms with Crippen LogP contribution in [0, 0.1) is 0 Å². The molecule has 0 spiro atoms. The first kappa shape index (κ1) is 16.0. The van der Waals surface area contributed by atoms with Crippen molar-refractivity contribution in [3.8, 4) is 0 Å². The number of hydrogen-bond acceptors (Lipinski definition) is 3. The van der Waals surface area contributed by atoms with E-state index in [1.165, 1.54) is 31.5 Å². The monoisotopic (exact) mass is 301 g/mol. The molecule has 1 aromatic carbocycles. The molecule has 2 aliphatic rings. The third kappa shape index (κ3) is 2.97. The summed E-state index contributed by atoms with van der Waals surface area (Å²) in [7, 11) is 1.95. The fourth-order valence-electron chi connectivity index (χ4n) is 3.28. The van der Waals surface area contributed by atoms with Gasteiger partial charge in [-0.15, -0.1) is 0 Å².